The van der Waals surface area contributed by atoms with E-state index in [9.17, 15) is 9.90 Å². The van der Waals surface area contributed by atoms with Crippen LogP contribution in [0.2, 0.25) is 0 Å². The molecule has 0 aliphatic carbocycles. The molecule has 86 valence electrons. The zero-order chi connectivity index (χ0) is 11.5. The van der Waals surface area contributed by atoms with Crippen molar-refractivity contribution in [3.8, 4) is 0 Å². The number of halogens is 1. The summed E-state index contributed by atoms with van der Waals surface area (Å²) in [4.78, 5) is 13.6. The molecule has 0 radical (unpaired) electrons. The van der Waals surface area contributed by atoms with Crippen molar-refractivity contribution in [3.05, 3.63) is 33.4 Å². The lowest BCUT2D eigenvalue weighted by molar-refractivity contribution is -0.129. The van der Waals surface area contributed by atoms with E-state index >= 15 is 0 Å². The largest absolute Gasteiger partial charge is 0.391 e. The molecule has 1 aromatic rings. The van der Waals surface area contributed by atoms with Gasteiger partial charge in [-0.05, 0) is 46.7 Å². The fraction of sp³-hybridized carbons (Fsp3) is 0.417. The van der Waals surface area contributed by atoms with Crippen LogP contribution in [0.1, 0.15) is 12.0 Å². The van der Waals surface area contributed by atoms with Crippen molar-refractivity contribution in [2.24, 2.45) is 0 Å². The van der Waals surface area contributed by atoms with Crippen molar-refractivity contribution in [1.29, 1.82) is 0 Å². The topological polar surface area (TPSA) is 40.5 Å². The fourth-order valence-electron chi connectivity index (χ4n) is 1.86. The van der Waals surface area contributed by atoms with Gasteiger partial charge < -0.3 is 10.0 Å². The van der Waals surface area contributed by atoms with Crippen LogP contribution in [0.3, 0.4) is 0 Å². The lowest BCUT2D eigenvalue weighted by Crippen LogP contribution is -2.30. The minimum Gasteiger partial charge on any atom is -0.391 e. The van der Waals surface area contributed by atoms with Crippen LogP contribution in [0.5, 0.6) is 0 Å². The number of carbonyl (C=O) groups excluding carboxylic acids is 1. The zero-order valence-electron chi connectivity index (χ0n) is 8.90. The summed E-state index contributed by atoms with van der Waals surface area (Å²) >= 11 is 2.24. The maximum atomic E-state index is 11.9. The Labute approximate surface area is 109 Å². The predicted molar refractivity (Wildman–Crippen MR) is 70.1 cm³/mol. The van der Waals surface area contributed by atoms with Gasteiger partial charge in [0.25, 0.3) is 0 Å². The molecule has 0 unspecified atom stereocenters. The molecule has 1 aromatic carbocycles. The number of aliphatic hydroxyl groups is 1. The minimum atomic E-state index is -0.333. The van der Waals surface area contributed by atoms with Crippen LogP contribution < -0.4 is 0 Å². The van der Waals surface area contributed by atoms with E-state index < -0.39 is 0 Å². The number of benzene rings is 1. The highest BCUT2D eigenvalue weighted by Gasteiger charge is 2.24. The highest BCUT2D eigenvalue weighted by molar-refractivity contribution is 14.1. The molecule has 3 nitrogen and oxygen atoms in total. The Kier molecular flexibility index (Phi) is 3.81. The molecule has 1 fully saturated rings. The molecule has 0 saturated carbocycles. The molecular weight excluding hydrogens is 317 g/mol. The average Bonchev–Trinajstić information content (AvgIpc) is 2.68. The van der Waals surface area contributed by atoms with E-state index in [1.807, 2.05) is 24.3 Å². The summed E-state index contributed by atoms with van der Waals surface area (Å²) in [6.07, 6.45) is 0.808. The van der Waals surface area contributed by atoms with Gasteiger partial charge in [0.05, 0.1) is 12.5 Å². The summed E-state index contributed by atoms with van der Waals surface area (Å²) in [5.74, 6) is 0.109. The number of aliphatic hydroxyl groups excluding tert-OH is 1. The third-order valence-electron chi connectivity index (χ3n) is 2.78. The van der Waals surface area contributed by atoms with Crippen LogP contribution in [-0.2, 0) is 11.2 Å². The van der Waals surface area contributed by atoms with Gasteiger partial charge in [-0.3, -0.25) is 4.79 Å². The average molecular weight is 331 g/mol. The monoisotopic (exact) mass is 331 g/mol. The van der Waals surface area contributed by atoms with Gasteiger partial charge in [0.2, 0.25) is 5.91 Å². The van der Waals surface area contributed by atoms with E-state index in [0.29, 0.717) is 25.9 Å². The predicted octanol–water partition coefficient (Wildman–Crippen LogP) is 1.43. The van der Waals surface area contributed by atoms with Crippen molar-refractivity contribution >= 4 is 28.5 Å². The van der Waals surface area contributed by atoms with Gasteiger partial charge in [0.1, 0.15) is 0 Å². The fourth-order valence-corrected chi connectivity index (χ4v) is 2.22. The number of hydrogen-bond donors (Lipinski definition) is 1. The Balaban J connectivity index is 1.94. The number of carbonyl (C=O) groups is 1. The van der Waals surface area contributed by atoms with E-state index in [4.69, 9.17) is 0 Å². The quantitative estimate of drug-likeness (QED) is 0.833. The molecular formula is C12H14INO2. The van der Waals surface area contributed by atoms with Crippen LogP contribution in [-0.4, -0.2) is 35.1 Å². The van der Waals surface area contributed by atoms with E-state index in [1.165, 1.54) is 3.57 Å². The third-order valence-corrected chi connectivity index (χ3v) is 3.50. The Bertz CT molecular complexity index is 377. The summed E-state index contributed by atoms with van der Waals surface area (Å²) < 4.78 is 1.17. The van der Waals surface area contributed by atoms with Gasteiger partial charge in [0, 0.05) is 16.7 Å². The summed E-state index contributed by atoms with van der Waals surface area (Å²) in [6.45, 7) is 1.17. The number of likely N-dealkylation sites (tertiary alicyclic amines) is 1. The second-order valence-corrected chi connectivity index (χ2v) is 5.33. The van der Waals surface area contributed by atoms with Crippen molar-refractivity contribution in [2.45, 2.75) is 18.9 Å². The Morgan fingerprint density at radius 2 is 2.12 bits per heavy atom. The van der Waals surface area contributed by atoms with Crippen LogP contribution >= 0.6 is 22.6 Å². The second-order valence-electron chi connectivity index (χ2n) is 4.09. The first kappa shape index (κ1) is 11.9. The molecule has 1 aliphatic heterocycles. The van der Waals surface area contributed by atoms with Gasteiger partial charge in [-0.1, -0.05) is 12.1 Å². The minimum absolute atomic E-state index is 0.109. The maximum Gasteiger partial charge on any atom is 0.227 e. The second kappa shape index (κ2) is 5.14. The first-order chi connectivity index (χ1) is 7.65. The number of hydrogen-bond acceptors (Lipinski definition) is 2. The first-order valence-corrected chi connectivity index (χ1v) is 6.43. The number of rotatable bonds is 2. The van der Waals surface area contributed by atoms with E-state index in [-0.39, 0.29) is 12.0 Å². The van der Waals surface area contributed by atoms with Gasteiger partial charge in [-0.2, -0.15) is 0 Å². The summed E-state index contributed by atoms with van der Waals surface area (Å²) in [5.41, 5.74) is 1.03. The van der Waals surface area contributed by atoms with Gasteiger partial charge in [-0.15, -0.1) is 0 Å². The van der Waals surface area contributed by atoms with Crippen molar-refractivity contribution in [2.75, 3.05) is 13.1 Å². The highest BCUT2D eigenvalue weighted by atomic mass is 127. The molecule has 1 atom stereocenters. The van der Waals surface area contributed by atoms with E-state index in [0.717, 1.165) is 5.56 Å². The van der Waals surface area contributed by atoms with Gasteiger partial charge >= 0.3 is 0 Å². The van der Waals surface area contributed by atoms with Crippen LogP contribution in [0, 0.1) is 3.57 Å². The van der Waals surface area contributed by atoms with Crippen LogP contribution in [0.15, 0.2) is 24.3 Å². The van der Waals surface area contributed by atoms with Gasteiger partial charge in [0.15, 0.2) is 0 Å². The summed E-state index contributed by atoms with van der Waals surface area (Å²) in [5, 5.41) is 9.36. The molecule has 0 aromatic heterocycles. The SMILES string of the molecule is O=C(Cc1ccc(I)cc1)N1CC[C@H](O)C1. The van der Waals surface area contributed by atoms with E-state index in [1.54, 1.807) is 4.90 Å². The zero-order valence-corrected chi connectivity index (χ0v) is 11.1. The van der Waals surface area contributed by atoms with Crippen molar-refractivity contribution in [3.63, 3.8) is 0 Å². The normalized spacial score (nSPS) is 20.1. The smallest absolute Gasteiger partial charge is 0.227 e. The standard InChI is InChI=1S/C12H14INO2/c13-10-3-1-9(2-4-10)7-12(16)14-6-5-11(15)8-14/h1-4,11,15H,5-8H2/t11-/m0/s1. The molecule has 2 rings (SSSR count). The number of nitrogens with zero attached hydrogens (tertiary/aromatic N) is 1. The number of β-amino-alcohol motifs (C(OH)–C–C–N with tert-alkyl or cyclic N) is 1. The highest BCUT2D eigenvalue weighted by Crippen LogP contribution is 2.12. The molecule has 0 bridgehead atoms. The summed E-state index contributed by atoms with van der Waals surface area (Å²) in [7, 11) is 0. The Hall–Kier alpha value is -0.620. The third kappa shape index (κ3) is 2.95. The first-order valence-electron chi connectivity index (χ1n) is 5.35. The van der Waals surface area contributed by atoms with Gasteiger partial charge in [-0.25, -0.2) is 0 Å². The maximum absolute atomic E-state index is 11.9. The molecule has 16 heavy (non-hydrogen) atoms. The molecule has 4 heteroatoms. The van der Waals surface area contributed by atoms with E-state index in [2.05, 4.69) is 22.6 Å². The lowest BCUT2D eigenvalue weighted by atomic mass is 10.1. The molecule has 1 amide bonds. The molecule has 1 N–H and O–H groups in total. The van der Waals surface area contributed by atoms with Crippen molar-refractivity contribution < 1.29 is 9.90 Å². The molecule has 1 saturated heterocycles. The molecule has 1 aliphatic rings. The van der Waals surface area contributed by atoms with Crippen molar-refractivity contribution in [1.82, 2.24) is 4.90 Å². The lowest BCUT2D eigenvalue weighted by Gasteiger charge is -2.15. The van der Waals surface area contributed by atoms with Crippen LogP contribution in [0.25, 0.3) is 0 Å². The summed E-state index contributed by atoms with van der Waals surface area (Å²) in [6, 6.07) is 7.96. The Morgan fingerprint density at radius 3 is 2.69 bits per heavy atom. The molecule has 0 spiro atoms. The number of amides is 1. The Morgan fingerprint density at radius 1 is 1.44 bits per heavy atom. The van der Waals surface area contributed by atoms with Crippen LogP contribution in [0.4, 0.5) is 0 Å². The molecule has 1 heterocycles.